The van der Waals surface area contributed by atoms with Gasteiger partial charge in [0, 0.05) is 23.0 Å². The summed E-state index contributed by atoms with van der Waals surface area (Å²) < 4.78 is 0. The molecule has 3 aromatic carbocycles. The van der Waals surface area contributed by atoms with Gasteiger partial charge in [-0.15, -0.1) is 0 Å². The lowest BCUT2D eigenvalue weighted by atomic mass is 9.78. The zero-order valence-corrected chi connectivity index (χ0v) is 21.1. The number of fused-ring (bicyclic) bond motifs is 4. The Hall–Kier alpha value is -4.13. The van der Waals surface area contributed by atoms with Crippen molar-refractivity contribution in [2.45, 2.75) is 51.1 Å². The molecule has 7 nitrogen and oxygen atoms in total. The number of hydrogen-bond donors (Lipinski definition) is 4. The number of aromatic amines is 1. The number of rotatable bonds is 7. The van der Waals surface area contributed by atoms with E-state index in [9.17, 15) is 14.4 Å². The number of carbonyl (C=O) groups is 3. The number of H-pyrrole nitrogens is 1. The Labute approximate surface area is 215 Å². The normalized spacial score (nSPS) is 17.9. The van der Waals surface area contributed by atoms with Crippen LogP contribution in [0.15, 0.2) is 66.7 Å². The molecule has 0 saturated carbocycles. The fourth-order valence-corrected chi connectivity index (χ4v) is 5.45. The molecule has 1 aliphatic rings. The Balaban J connectivity index is 1.46. The van der Waals surface area contributed by atoms with Crippen molar-refractivity contribution in [3.8, 4) is 0 Å². The van der Waals surface area contributed by atoms with Crippen LogP contribution in [-0.4, -0.2) is 34.3 Å². The van der Waals surface area contributed by atoms with Crippen LogP contribution in [-0.2, 0) is 33.6 Å². The molecule has 3 amide bonds. The van der Waals surface area contributed by atoms with Crippen LogP contribution in [0.5, 0.6) is 0 Å². The van der Waals surface area contributed by atoms with Gasteiger partial charge in [0.15, 0.2) is 0 Å². The Morgan fingerprint density at radius 2 is 1.73 bits per heavy atom. The number of carbonyl (C=O) groups excluding carboxylic acids is 3. The monoisotopic (exact) mass is 496 g/mol. The number of amides is 3. The third kappa shape index (κ3) is 4.81. The van der Waals surface area contributed by atoms with Gasteiger partial charge in [0.05, 0.1) is 6.42 Å². The van der Waals surface area contributed by atoms with Crippen molar-refractivity contribution < 1.29 is 14.4 Å². The first-order valence-corrected chi connectivity index (χ1v) is 12.7. The molecule has 4 aromatic rings. The predicted octanol–water partition coefficient (Wildman–Crippen LogP) is 3.53. The van der Waals surface area contributed by atoms with E-state index in [4.69, 9.17) is 5.73 Å². The molecule has 0 bridgehead atoms. The van der Waals surface area contributed by atoms with Crippen molar-refractivity contribution in [1.82, 2.24) is 15.6 Å². The highest BCUT2D eigenvalue weighted by Crippen LogP contribution is 2.34. The Morgan fingerprint density at radius 1 is 1.00 bits per heavy atom. The summed E-state index contributed by atoms with van der Waals surface area (Å²) >= 11 is 0. The first-order chi connectivity index (χ1) is 17.8. The molecule has 0 radical (unpaired) electrons. The summed E-state index contributed by atoms with van der Waals surface area (Å²) in [5.74, 6) is -1.40. The SMILES string of the molecule is CC(C)[C@H](NC(=O)[C@]1(NC(=O)Cc2ccc3ccccc3c2)CCc2[nH]c3ccccc3c2C1)C(N)=O. The van der Waals surface area contributed by atoms with Crippen molar-refractivity contribution in [2.24, 2.45) is 11.7 Å². The smallest absolute Gasteiger partial charge is 0.246 e. The minimum atomic E-state index is -1.20. The molecule has 1 aliphatic carbocycles. The first-order valence-electron chi connectivity index (χ1n) is 12.7. The Kier molecular flexibility index (Phi) is 6.46. The van der Waals surface area contributed by atoms with Crippen LogP contribution < -0.4 is 16.4 Å². The van der Waals surface area contributed by atoms with E-state index < -0.39 is 17.5 Å². The van der Waals surface area contributed by atoms with Gasteiger partial charge in [-0.3, -0.25) is 14.4 Å². The second kappa shape index (κ2) is 9.73. The molecule has 2 atom stereocenters. The largest absolute Gasteiger partial charge is 0.368 e. The summed E-state index contributed by atoms with van der Waals surface area (Å²) in [4.78, 5) is 42.8. The zero-order chi connectivity index (χ0) is 26.2. The average Bonchev–Trinajstić information content (AvgIpc) is 3.24. The van der Waals surface area contributed by atoms with Gasteiger partial charge in [-0.25, -0.2) is 0 Å². The lowest BCUT2D eigenvalue weighted by Crippen LogP contribution is -2.64. The van der Waals surface area contributed by atoms with E-state index in [0.717, 1.165) is 38.5 Å². The Bertz CT molecular complexity index is 1510. The zero-order valence-electron chi connectivity index (χ0n) is 21.1. The molecule has 0 saturated heterocycles. The third-order valence-electron chi connectivity index (χ3n) is 7.43. The number of primary amides is 1. The Morgan fingerprint density at radius 3 is 2.49 bits per heavy atom. The molecular formula is C30H32N4O3. The lowest BCUT2D eigenvalue weighted by Gasteiger charge is -2.38. The molecule has 1 heterocycles. The van der Waals surface area contributed by atoms with Gasteiger partial charge < -0.3 is 21.4 Å². The van der Waals surface area contributed by atoms with E-state index in [1.54, 1.807) is 0 Å². The summed E-state index contributed by atoms with van der Waals surface area (Å²) in [7, 11) is 0. The van der Waals surface area contributed by atoms with Gasteiger partial charge in [0.2, 0.25) is 17.7 Å². The highest BCUT2D eigenvalue weighted by atomic mass is 16.2. The molecule has 5 N–H and O–H groups in total. The minimum absolute atomic E-state index is 0.143. The summed E-state index contributed by atoms with van der Waals surface area (Å²) in [6.07, 6.45) is 1.47. The maximum Gasteiger partial charge on any atom is 0.246 e. The molecular weight excluding hydrogens is 464 g/mol. The van der Waals surface area contributed by atoms with Crippen LogP contribution in [0.4, 0.5) is 0 Å². The van der Waals surface area contributed by atoms with E-state index in [1.165, 1.54) is 0 Å². The van der Waals surface area contributed by atoms with Gasteiger partial charge in [-0.2, -0.15) is 0 Å². The predicted molar refractivity (Wildman–Crippen MR) is 145 cm³/mol. The molecule has 5 rings (SSSR count). The number of benzene rings is 3. The van der Waals surface area contributed by atoms with Crippen LogP contribution in [0.2, 0.25) is 0 Å². The second-order valence-electron chi connectivity index (χ2n) is 10.4. The second-order valence-corrected chi connectivity index (χ2v) is 10.4. The number of para-hydroxylation sites is 1. The van der Waals surface area contributed by atoms with Gasteiger partial charge in [-0.1, -0.05) is 74.5 Å². The van der Waals surface area contributed by atoms with Crippen LogP contribution in [0.1, 0.15) is 37.1 Å². The van der Waals surface area contributed by atoms with Crippen molar-refractivity contribution in [3.05, 3.63) is 83.6 Å². The highest BCUT2D eigenvalue weighted by Gasteiger charge is 2.45. The minimum Gasteiger partial charge on any atom is -0.368 e. The fourth-order valence-electron chi connectivity index (χ4n) is 5.45. The lowest BCUT2D eigenvalue weighted by molar-refractivity contribution is -0.136. The maximum atomic E-state index is 13.8. The van der Waals surface area contributed by atoms with Gasteiger partial charge >= 0.3 is 0 Å². The van der Waals surface area contributed by atoms with Gasteiger partial charge in [0.25, 0.3) is 0 Å². The quantitative estimate of drug-likeness (QED) is 0.314. The van der Waals surface area contributed by atoms with Crippen molar-refractivity contribution in [3.63, 3.8) is 0 Å². The van der Waals surface area contributed by atoms with Crippen molar-refractivity contribution in [1.29, 1.82) is 0 Å². The van der Waals surface area contributed by atoms with E-state index in [2.05, 4.69) is 15.6 Å². The van der Waals surface area contributed by atoms with Crippen LogP contribution >= 0.6 is 0 Å². The molecule has 0 aliphatic heterocycles. The van der Waals surface area contributed by atoms with Gasteiger partial charge in [0.1, 0.15) is 11.6 Å². The van der Waals surface area contributed by atoms with Crippen LogP contribution in [0.25, 0.3) is 21.7 Å². The van der Waals surface area contributed by atoms with Crippen molar-refractivity contribution in [2.75, 3.05) is 0 Å². The molecule has 190 valence electrons. The summed E-state index contributed by atoms with van der Waals surface area (Å²) in [5.41, 5.74) is 8.36. The standard InChI is InChI=1S/C30H32N4O3/c1-18(2)27(28(31)36)33-29(37)30(14-13-25-23(17-30)22-9-5-6-10-24(22)32-25)34-26(35)16-19-11-12-20-7-3-4-8-21(20)15-19/h3-12,15,18,27,32H,13-14,16-17H2,1-2H3,(H2,31,36)(H,33,37)(H,34,35)/t27-,30-/m0/s1. The topological polar surface area (TPSA) is 117 Å². The number of nitrogens with one attached hydrogen (secondary N) is 3. The number of aryl methyl sites for hydroxylation is 1. The number of nitrogens with two attached hydrogens (primary N) is 1. The number of aromatic nitrogens is 1. The van der Waals surface area contributed by atoms with E-state index in [-0.39, 0.29) is 24.2 Å². The van der Waals surface area contributed by atoms with E-state index in [1.807, 2.05) is 80.6 Å². The number of hydrogen-bond acceptors (Lipinski definition) is 3. The molecule has 0 spiro atoms. The van der Waals surface area contributed by atoms with Crippen LogP contribution in [0, 0.1) is 5.92 Å². The highest BCUT2D eigenvalue weighted by molar-refractivity contribution is 5.97. The van der Waals surface area contributed by atoms with Crippen LogP contribution in [0.3, 0.4) is 0 Å². The summed E-state index contributed by atoms with van der Waals surface area (Å²) in [5, 5.41) is 9.14. The summed E-state index contributed by atoms with van der Waals surface area (Å²) in [6, 6.07) is 21.1. The molecule has 37 heavy (non-hydrogen) atoms. The molecule has 1 aromatic heterocycles. The average molecular weight is 497 g/mol. The van der Waals surface area contributed by atoms with E-state index in [0.29, 0.717) is 19.3 Å². The molecule has 0 fully saturated rings. The first kappa shape index (κ1) is 24.6. The van der Waals surface area contributed by atoms with Crippen molar-refractivity contribution >= 4 is 39.4 Å². The van der Waals surface area contributed by atoms with E-state index >= 15 is 0 Å². The molecule has 0 unspecified atom stereocenters. The summed E-state index contributed by atoms with van der Waals surface area (Å²) in [6.45, 7) is 3.67. The van der Waals surface area contributed by atoms with Gasteiger partial charge in [-0.05, 0) is 46.7 Å². The third-order valence-corrected chi connectivity index (χ3v) is 7.43. The fraction of sp³-hybridized carbons (Fsp3) is 0.300. The maximum absolute atomic E-state index is 13.8. The molecule has 7 heteroatoms.